The van der Waals surface area contributed by atoms with E-state index >= 15 is 0 Å². The number of carbonyl (C=O) groups excluding carboxylic acids is 1. The summed E-state index contributed by atoms with van der Waals surface area (Å²) >= 11 is 0. The van der Waals surface area contributed by atoms with Crippen molar-refractivity contribution in [3.63, 3.8) is 0 Å². The third-order valence-corrected chi connectivity index (χ3v) is 2.60. The number of aryl methyl sites for hydroxylation is 1. The molecule has 0 unspecified atom stereocenters. The standard InChI is InChI=1S/C15H20N2O2/c1-12-7-8-14(11-13(12)5-3-9-16)17-15(18)6-4-10-19-2/h7-8,11H,4,6,9-10,16H2,1-2H3,(H,17,18). The van der Waals surface area contributed by atoms with E-state index in [0.29, 0.717) is 26.0 Å². The zero-order chi connectivity index (χ0) is 14.1. The molecule has 19 heavy (non-hydrogen) atoms. The van der Waals surface area contributed by atoms with Crippen molar-refractivity contribution in [1.29, 1.82) is 0 Å². The molecular formula is C15H20N2O2. The van der Waals surface area contributed by atoms with Gasteiger partial charge in [-0.05, 0) is 31.0 Å². The quantitative estimate of drug-likeness (QED) is 0.625. The maximum Gasteiger partial charge on any atom is 0.224 e. The van der Waals surface area contributed by atoms with Crippen LogP contribution in [-0.2, 0) is 9.53 Å². The SMILES string of the molecule is COCCCC(=O)Nc1ccc(C)c(C#CCN)c1. The van der Waals surface area contributed by atoms with E-state index in [0.717, 1.165) is 16.8 Å². The summed E-state index contributed by atoms with van der Waals surface area (Å²) in [5.41, 5.74) is 8.07. The first-order valence-electron chi connectivity index (χ1n) is 6.25. The van der Waals surface area contributed by atoms with E-state index in [9.17, 15) is 4.79 Å². The summed E-state index contributed by atoms with van der Waals surface area (Å²) in [6, 6.07) is 5.68. The van der Waals surface area contributed by atoms with Crippen LogP contribution in [0.1, 0.15) is 24.0 Å². The van der Waals surface area contributed by atoms with E-state index < -0.39 is 0 Å². The Morgan fingerprint density at radius 2 is 2.26 bits per heavy atom. The Morgan fingerprint density at radius 3 is 2.95 bits per heavy atom. The predicted molar refractivity (Wildman–Crippen MR) is 76.9 cm³/mol. The lowest BCUT2D eigenvalue weighted by Gasteiger charge is -2.07. The number of ether oxygens (including phenoxy) is 1. The molecule has 0 spiro atoms. The van der Waals surface area contributed by atoms with E-state index in [1.165, 1.54) is 0 Å². The monoisotopic (exact) mass is 260 g/mol. The van der Waals surface area contributed by atoms with Crippen LogP contribution in [0.3, 0.4) is 0 Å². The molecule has 0 aliphatic rings. The minimum Gasteiger partial charge on any atom is -0.385 e. The van der Waals surface area contributed by atoms with Gasteiger partial charge in [0.25, 0.3) is 0 Å². The first-order valence-corrected chi connectivity index (χ1v) is 6.25. The molecule has 0 atom stereocenters. The van der Waals surface area contributed by atoms with Crippen LogP contribution in [0.2, 0.25) is 0 Å². The second-order valence-electron chi connectivity index (χ2n) is 4.18. The number of benzene rings is 1. The average molecular weight is 260 g/mol. The van der Waals surface area contributed by atoms with Gasteiger partial charge in [-0.25, -0.2) is 0 Å². The van der Waals surface area contributed by atoms with Gasteiger partial charge in [0.15, 0.2) is 0 Å². The van der Waals surface area contributed by atoms with Crippen molar-refractivity contribution in [1.82, 2.24) is 0 Å². The number of hydrogen-bond donors (Lipinski definition) is 2. The fourth-order valence-corrected chi connectivity index (χ4v) is 1.58. The summed E-state index contributed by atoms with van der Waals surface area (Å²) in [4.78, 5) is 11.7. The number of nitrogens with two attached hydrogens (primary N) is 1. The van der Waals surface area contributed by atoms with Crippen LogP contribution in [0, 0.1) is 18.8 Å². The third-order valence-electron chi connectivity index (χ3n) is 2.60. The molecule has 102 valence electrons. The summed E-state index contributed by atoms with van der Waals surface area (Å²) in [6.45, 7) is 2.90. The second kappa shape index (κ2) is 8.30. The molecule has 0 saturated heterocycles. The smallest absolute Gasteiger partial charge is 0.224 e. The molecule has 1 rings (SSSR count). The first-order chi connectivity index (χ1) is 9.17. The Bertz CT molecular complexity index is 487. The number of carbonyl (C=O) groups is 1. The van der Waals surface area contributed by atoms with Gasteiger partial charge in [0.2, 0.25) is 5.91 Å². The van der Waals surface area contributed by atoms with Crippen LogP contribution in [0.4, 0.5) is 5.69 Å². The summed E-state index contributed by atoms with van der Waals surface area (Å²) in [5.74, 6) is 5.79. The number of methoxy groups -OCH3 is 1. The molecular weight excluding hydrogens is 240 g/mol. The number of amides is 1. The van der Waals surface area contributed by atoms with Crippen LogP contribution >= 0.6 is 0 Å². The summed E-state index contributed by atoms with van der Waals surface area (Å²) < 4.78 is 4.91. The Balaban J connectivity index is 2.66. The fraction of sp³-hybridized carbons (Fsp3) is 0.400. The van der Waals surface area contributed by atoms with Gasteiger partial charge in [0.05, 0.1) is 6.54 Å². The van der Waals surface area contributed by atoms with Crippen LogP contribution in [0.25, 0.3) is 0 Å². The molecule has 0 aliphatic carbocycles. The predicted octanol–water partition coefficient (Wildman–Crippen LogP) is 1.67. The lowest BCUT2D eigenvalue weighted by Crippen LogP contribution is -2.12. The molecule has 0 heterocycles. The normalized spacial score (nSPS) is 9.63. The van der Waals surface area contributed by atoms with Gasteiger partial charge in [-0.2, -0.15) is 0 Å². The second-order valence-corrected chi connectivity index (χ2v) is 4.18. The molecule has 1 amide bonds. The lowest BCUT2D eigenvalue weighted by molar-refractivity contribution is -0.116. The fourth-order valence-electron chi connectivity index (χ4n) is 1.58. The van der Waals surface area contributed by atoms with Crippen LogP contribution in [-0.4, -0.2) is 26.2 Å². The molecule has 3 N–H and O–H groups in total. The number of nitrogens with one attached hydrogen (secondary N) is 1. The molecule has 4 heteroatoms. The van der Waals surface area contributed by atoms with Crippen molar-refractivity contribution in [2.75, 3.05) is 25.6 Å². The summed E-state index contributed by atoms with van der Waals surface area (Å²) in [5, 5.41) is 2.85. The van der Waals surface area contributed by atoms with Gasteiger partial charge >= 0.3 is 0 Å². The van der Waals surface area contributed by atoms with Crippen LogP contribution < -0.4 is 11.1 Å². The number of anilines is 1. The Morgan fingerprint density at radius 1 is 1.47 bits per heavy atom. The highest BCUT2D eigenvalue weighted by Gasteiger charge is 2.03. The van der Waals surface area contributed by atoms with Crippen LogP contribution in [0.15, 0.2) is 18.2 Å². The molecule has 0 radical (unpaired) electrons. The molecule has 0 bridgehead atoms. The zero-order valence-electron chi connectivity index (χ0n) is 11.5. The van der Waals surface area contributed by atoms with Crippen molar-refractivity contribution in [3.8, 4) is 11.8 Å². The van der Waals surface area contributed by atoms with Crippen molar-refractivity contribution < 1.29 is 9.53 Å². The van der Waals surface area contributed by atoms with E-state index in [1.54, 1.807) is 7.11 Å². The van der Waals surface area contributed by atoms with E-state index in [4.69, 9.17) is 10.5 Å². The Kier molecular flexibility index (Phi) is 6.65. The summed E-state index contributed by atoms with van der Waals surface area (Å²) in [7, 11) is 1.63. The average Bonchev–Trinajstić information content (AvgIpc) is 2.39. The highest BCUT2D eigenvalue weighted by molar-refractivity contribution is 5.90. The van der Waals surface area contributed by atoms with Crippen molar-refractivity contribution in [3.05, 3.63) is 29.3 Å². The topological polar surface area (TPSA) is 64.3 Å². The summed E-state index contributed by atoms with van der Waals surface area (Å²) in [6.07, 6.45) is 1.17. The molecule has 0 fully saturated rings. The van der Waals surface area contributed by atoms with Gasteiger partial charge in [-0.15, -0.1) is 0 Å². The highest BCUT2D eigenvalue weighted by atomic mass is 16.5. The third kappa shape index (κ3) is 5.56. The lowest BCUT2D eigenvalue weighted by atomic mass is 10.1. The minimum absolute atomic E-state index is 0.0152. The zero-order valence-corrected chi connectivity index (χ0v) is 11.5. The number of hydrogen-bond acceptors (Lipinski definition) is 3. The first kappa shape index (κ1) is 15.2. The number of rotatable bonds is 5. The van der Waals surface area contributed by atoms with E-state index in [2.05, 4.69) is 17.2 Å². The largest absolute Gasteiger partial charge is 0.385 e. The van der Waals surface area contributed by atoms with Crippen molar-refractivity contribution in [2.24, 2.45) is 5.73 Å². The molecule has 0 aliphatic heterocycles. The van der Waals surface area contributed by atoms with E-state index in [-0.39, 0.29) is 5.91 Å². The Hall–Kier alpha value is -1.83. The highest BCUT2D eigenvalue weighted by Crippen LogP contribution is 2.14. The van der Waals surface area contributed by atoms with Gasteiger partial charge in [0, 0.05) is 31.4 Å². The minimum atomic E-state index is -0.0152. The van der Waals surface area contributed by atoms with Gasteiger partial charge < -0.3 is 15.8 Å². The van der Waals surface area contributed by atoms with E-state index in [1.807, 2.05) is 25.1 Å². The maximum absolute atomic E-state index is 11.7. The van der Waals surface area contributed by atoms with Gasteiger partial charge in [-0.1, -0.05) is 17.9 Å². The van der Waals surface area contributed by atoms with Crippen LogP contribution in [0.5, 0.6) is 0 Å². The van der Waals surface area contributed by atoms with Crippen molar-refractivity contribution >= 4 is 11.6 Å². The molecule has 0 saturated carbocycles. The molecule has 1 aromatic carbocycles. The molecule has 1 aromatic rings. The van der Waals surface area contributed by atoms with Gasteiger partial charge in [0.1, 0.15) is 0 Å². The molecule has 0 aromatic heterocycles. The van der Waals surface area contributed by atoms with Gasteiger partial charge in [-0.3, -0.25) is 4.79 Å². The maximum atomic E-state index is 11.7. The molecule has 4 nitrogen and oxygen atoms in total. The van der Waals surface area contributed by atoms with Crippen molar-refractivity contribution in [2.45, 2.75) is 19.8 Å². The Labute approximate surface area is 114 Å².